The smallest absolute Gasteiger partial charge is 0.105 e. The van der Waals surface area contributed by atoms with Crippen molar-refractivity contribution in [1.29, 1.82) is 0 Å². The van der Waals surface area contributed by atoms with Crippen LogP contribution >= 0.6 is 11.8 Å². The van der Waals surface area contributed by atoms with Crippen molar-refractivity contribution in [1.82, 2.24) is 14.9 Å². The number of imidazole rings is 1. The Morgan fingerprint density at radius 3 is 2.78 bits per heavy atom. The molecule has 0 atom stereocenters. The lowest BCUT2D eigenvalue weighted by atomic mass is 10.4. The summed E-state index contributed by atoms with van der Waals surface area (Å²) in [6.07, 6.45) is 3.87. The van der Waals surface area contributed by atoms with Crippen LogP contribution in [0.15, 0.2) is 47.6 Å². The van der Waals surface area contributed by atoms with Gasteiger partial charge in [-0.1, -0.05) is 18.2 Å². The van der Waals surface area contributed by atoms with Gasteiger partial charge in [-0.25, -0.2) is 4.98 Å². The SMILES string of the molecule is Cc1nccn1CCNCCSc1ccccc1. The Bertz CT molecular complexity index is 453. The Morgan fingerprint density at radius 2 is 2.06 bits per heavy atom. The number of nitrogens with one attached hydrogen (secondary N) is 1. The zero-order valence-corrected chi connectivity index (χ0v) is 11.5. The first-order valence-electron chi connectivity index (χ1n) is 6.22. The average Bonchev–Trinajstić information content (AvgIpc) is 2.81. The molecule has 1 N–H and O–H groups in total. The van der Waals surface area contributed by atoms with Gasteiger partial charge in [0, 0.05) is 42.7 Å². The summed E-state index contributed by atoms with van der Waals surface area (Å²) in [5.74, 6) is 2.18. The van der Waals surface area contributed by atoms with Crippen LogP contribution in [0.2, 0.25) is 0 Å². The molecule has 96 valence electrons. The lowest BCUT2D eigenvalue weighted by molar-refractivity contribution is 0.603. The first kappa shape index (κ1) is 13.2. The van der Waals surface area contributed by atoms with Crippen molar-refractivity contribution in [3.05, 3.63) is 48.5 Å². The van der Waals surface area contributed by atoms with Crippen LogP contribution in [0.5, 0.6) is 0 Å². The fraction of sp³-hybridized carbons (Fsp3) is 0.357. The molecule has 1 aromatic heterocycles. The number of rotatable bonds is 7. The Kier molecular flexibility index (Phi) is 5.30. The number of hydrogen-bond acceptors (Lipinski definition) is 3. The van der Waals surface area contributed by atoms with E-state index >= 15 is 0 Å². The van der Waals surface area contributed by atoms with Crippen LogP contribution in [0, 0.1) is 6.92 Å². The first-order valence-corrected chi connectivity index (χ1v) is 7.21. The third-order valence-electron chi connectivity index (χ3n) is 2.74. The van der Waals surface area contributed by atoms with Crippen molar-refractivity contribution in [2.24, 2.45) is 0 Å². The predicted octanol–water partition coefficient (Wildman–Crippen LogP) is 2.57. The van der Waals surface area contributed by atoms with Crippen molar-refractivity contribution in [2.75, 3.05) is 18.8 Å². The van der Waals surface area contributed by atoms with Crippen molar-refractivity contribution >= 4 is 11.8 Å². The van der Waals surface area contributed by atoms with Gasteiger partial charge in [0.25, 0.3) is 0 Å². The highest BCUT2D eigenvalue weighted by molar-refractivity contribution is 7.99. The van der Waals surface area contributed by atoms with E-state index in [9.17, 15) is 0 Å². The topological polar surface area (TPSA) is 29.9 Å². The first-order chi connectivity index (χ1) is 8.86. The molecule has 1 heterocycles. The average molecular weight is 261 g/mol. The van der Waals surface area contributed by atoms with Gasteiger partial charge < -0.3 is 9.88 Å². The summed E-state index contributed by atoms with van der Waals surface area (Å²) in [5, 5.41) is 3.45. The van der Waals surface area contributed by atoms with E-state index in [2.05, 4.69) is 45.2 Å². The van der Waals surface area contributed by atoms with E-state index in [1.54, 1.807) is 0 Å². The molecule has 2 rings (SSSR count). The standard InChI is InChI=1S/C14H19N3S/c1-13-16-8-11-17(13)10-7-15-9-12-18-14-5-3-2-4-6-14/h2-6,8,11,15H,7,9-10,12H2,1H3. The Hall–Kier alpha value is -1.26. The van der Waals surface area contributed by atoms with E-state index in [0.717, 1.165) is 31.2 Å². The monoisotopic (exact) mass is 261 g/mol. The van der Waals surface area contributed by atoms with Crippen LogP contribution in [0.4, 0.5) is 0 Å². The van der Waals surface area contributed by atoms with Crippen LogP contribution in [0.25, 0.3) is 0 Å². The lowest BCUT2D eigenvalue weighted by Crippen LogP contribution is -2.22. The predicted molar refractivity (Wildman–Crippen MR) is 77.0 cm³/mol. The van der Waals surface area contributed by atoms with E-state index < -0.39 is 0 Å². The molecule has 0 radical (unpaired) electrons. The number of hydrogen-bond donors (Lipinski definition) is 1. The lowest BCUT2D eigenvalue weighted by Gasteiger charge is -2.07. The molecule has 0 amide bonds. The third kappa shape index (κ3) is 4.20. The Labute approximate surface area is 113 Å². The molecular weight excluding hydrogens is 242 g/mol. The quantitative estimate of drug-likeness (QED) is 0.613. The highest BCUT2D eigenvalue weighted by Gasteiger charge is 1.96. The molecule has 1 aromatic carbocycles. The molecule has 0 spiro atoms. The van der Waals surface area contributed by atoms with Crippen LogP contribution in [-0.2, 0) is 6.54 Å². The number of benzene rings is 1. The van der Waals surface area contributed by atoms with Crippen LogP contribution < -0.4 is 5.32 Å². The Balaban J connectivity index is 1.56. The van der Waals surface area contributed by atoms with Gasteiger partial charge in [0.15, 0.2) is 0 Å². The molecule has 0 saturated carbocycles. The van der Waals surface area contributed by atoms with Crippen LogP contribution in [-0.4, -0.2) is 28.4 Å². The molecule has 0 fully saturated rings. The molecule has 0 unspecified atom stereocenters. The highest BCUT2D eigenvalue weighted by Crippen LogP contribution is 2.15. The summed E-state index contributed by atoms with van der Waals surface area (Å²) in [5.41, 5.74) is 0. The molecule has 2 aromatic rings. The minimum atomic E-state index is 0.988. The minimum absolute atomic E-state index is 0.988. The second-order valence-electron chi connectivity index (χ2n) is 4.08. The molecular formula is C14H19N3S. The van der Waals surface area contributed by atoms with Gasteiger partial charge in [-0.15, -0.1) is 11.8 Å². The molecule has 18 heavy (non-hydrogen) atoms. The van der Waals surface area contributed by atoms with Gasteiger partial charge in [0.05, 0.1) is 0 Å². The van der Waals surface area contributed by atoms with E-state index in [4.69, 9.17) is 0 Å². The largest absolute Gasteiger partial charge is 0.334 e. The van der Waals surface area contributed by atoms with E-state index in [1.165, 1.54) is 4.90 Å². The summed E-state index contributed by atoms with van der Waals surface area (Å²) >= 11 is 1.89. The van der Waals surface area contributed by atoms with Crippen LogP contribution in [0.1, 0.15) is 5.82 Å². The summed E-state index contributed by atoms with van der Waals surface area (Å²) in [4.78, 5) is 5.54. The van der Waals surface area contributed by atoms with Crippen molar-refractivity contribution < 1.29 is 0 Å². The summed E-state index contributed by atoms with van der Waals surface area (Å²) < 4.78 is 2.16. The fourth-order valence-electron chi connectivity index (χ4n) is 1.72. The van der Waals surface area contributed by atoms with Gasteiger partial charge in [0.1, 0.15) is 5.82 Å². The fourth-order valence-corrected chi connectivity index (χ4v) is 2.55. The summed E-state index contributed by atoms with van der Waals surface area (Å²) in [7, 11) is 0. The Morgan fingerprint density at radius 1 is 1.22 bits per heavy atom. The van der Waals surface area contributed by atoms with Gasteiger partial charge in [-0.2, -0.15) is 0 Å². The molecule has 0 aliphatic rings. The van der Waals surface area contributed by atoms with Crippen LogP contribution in [0.3, 0.4) is 0 Å². The maximum Gasteiger partial charge on any atom is 0.105 e. The second kappa shape index (κ2) is 7.24. The third-order valence-corrected chi connectivity index (χ3v) is 3.76. The second-order valence-corrected chi connectivity index (χ2v) is 5.25. The van der Waals surface area contributed by atoms with E-state index in [0.29, 0.717) is 0 Å². The number of thioether (sulfide) groups is 1. The van der Waals surface area contributed by atoms with Crippen molar-refractivity contribution in [3.63, 3.8) is 0 Å². The van der Waals surface area contributed by atoms with Gasteiger partial charge in [-0.3, -0.25) is 0 Å². The van der Waals surface area contributed by atoms with Gasteiger partial charge >= 0.3 is 0 Å². The number of aromatic nitrogens is 2. The molecule has 0 saturated heterocycles. The maximum atomic E-state index is 4.20. The van der Waals surface area contributed by atoms with Crippen molar-refractivity contribution in [2.45, 2.75) is 18.4 Å². The molecule has 0 bridgehead atoms. The minimum Gasteiger partial charge on any atom is -0.334 e. The normalized spacial score (nSPS) is 10.7. The number of aryl methyl sites for hydroxylation is 1. The van der Waals surface area contributed by atoms with Crippen molar-refractivity contribution in [3.8, 4) is 0 Å². The molecule has 0 aliphatic carbocycles. The molecule has 3 nitrogen and oxygen atoms in total. The number of nitrogens with zero attached hydrogens (tertiary/aromatic N) is 2. The van der Waals surface area contributed by atoms with E-state index in [1.807, 2.05) is 31.1 Å². The summed E-state index contributed by atoms with van der Waals surface area (Å²) in [6, 6.07) is 10.5. The zero-order chi connectivity index (χ0) is 12.6. The molecule has 0 aliphatic heterocycles. The summed E-state index contributed by atoms with van der Waals surface area (Å²) in [6.45, 7) is 5.05. The van der Waals surface area contributed by atoms with Gasteiger partial charge in [-0.05, 0) is 19.1 Å². The van der Waals surface area contributed by atoms with Gasteiger partial charge in [0.2, 0.25) is 0 Å². The maximum absolute atomic E-state index is 4.20. The molecule has 4 heteroatoms. The van der Waals surface area contributed by atoms with E-state index in [-0.39, 0.29) is 0 Å². The zero-order valence-electron chi connectivity index (χ0n) is 10.7. The highest BCUT2D eigenvalue weighted by atomic mass is 32.2.